The van der Waals surface area contributed by atoms with E-state index in [1.165, 1.54) is 14.7 Å². The van der Waals surface area contributed by atoms with Crippen LogP contribution in [0.2, 0.25) is 0 Å². The molecule has 1 rings (SSSR count). The van der Waals surface area contributed by atoms with Crippen LogP contribution in [0, 0.1) is 0 Å². The molecule has 0 aromatic rings. The second-order valence-electron chi connectivity index (χ2n) is 9.18. The minimum absolute atomic E-state index is 0.00804. The Kier molecular flexibility index (Phi) is 17.4. The van der Waals surface area contributed by atoms with Crippen LogP contribution < -0.4 is 5.32 Å². The molecular formula is C23H43N5O12. The van der Waals surface area contributed by atoms with Gasteiger partial charge in [0.05, 0.1) is 46.2 Å². The van der Waals surface area contributed by atoms with Gasteiger partial charge >= 0.3 is 17.9 Å². The highest BCUT2D eigenvalue weighted by Crippen LogP contribution is 2.09. The lowest BCUT2D eigenvalue weighted by Gasteiger charge is -2.37. The maximum atomic E-state index is 12.6. The molecule has 1 aliphatic rings. The van der Waals surface area contributed by atoms with E-state index in [0.717, 1.165) is 0 Å². The third-order valence-electron chi connectivity index (χ3n) is 6.62. The number of aliphatic carboxylic acids is 3. The summed E-state index contributed by atoms with van der Waals surface area (Å²) < 4.78 is 5.11. The first-order valence-electron chi connectivity index (χ1n) is 13.0. The van der Waals surface area contributed by atoms with E-state index >= 15 is 0 Å². The molecular weight excluding hydrogens is 538 g/mol. The Morgan fingerprint density at radius 3 is 1.32 bits per heavy atom. The summed E-state index contributed by atoms with van der Waals surface area (Å²) in [7, 11) is 0. The first-order valence-corrected chi connectivity index (χ1v) is 13.0. The van der Waals surface area contributed by atoms with Gasteiger partial charge in [-0.05, 0) is 0 Å². The number of carboxylic acids is 3. The Balaban J connectivity index is 3.20. The maximum Gasteiger partial charge on any atom is 0.323 e. The van der Waals surface area contributed by atoms with Crippen molar-refractivity contribution in [2.75, 3.05) is 105 Å². The summed E-state index contributed by atoms with van der Waals surface area (Å²) in [4.78, 5) is 53.9. The van der Waals surface area contributed by atoms with Crippen molar-refractivity contribution in [2.24, 2.45) is 0 Å². The van der Waals surface area contributed by atoms with Crippen LogP contribution in [0.3, 0.4) is 0 Å². The SMILES string of the molecule is O=C(CN1CCN(C(CO)C(=O)O)CCN(C(CO)C(=O)O)CCN(C(CO)C(=O)O)CC1)NCCOCCO. The summed E-state index contributed by atoms with van der Waals surface area (Å²) in [6.45, 7) is -1.59. The molecule has 0 aromatic carbocycles. The molecule has 232 valence electrons. The number of nitrogens with zero attached hydrogens (tertiary/aromatic N) is 4. The van der Waals surface area contributed by atoms with Gasteiger partial charge in [-0.2, -0.15) is 0 Å². The topological polar surface area (TPSA) is 244 Å². The smallest absolute Gasteiger partial charge is 0.323 e. The number of carboxylic acid groups (broad SMARTS) is 3. The second kappa shape index (κ2) is 19.6. The predicted octanol–water partition coefficient (Wildman–Crippen LogP) is -5.33. The highest BCUT2D eigenvalue weighted by atomic mass is 16.5. The van der Waals surface area contributed by atoms with E-state index in [2.05, 4.69) is 5.32 Å². The lowest BCUT2D eigenvalue weighted by Crippen LogP contribution is -2.56. The van der Waals surface area contributed by atoms with Crippen LogP contribution in [-0.2, 0) is 23.9 Å². The van der Waals surface area contributed by atoms with Crippen LogP contribution in [-0.4, -0.2) is 202 Å². The van der Waals surface area contributed by atoms with Gasteiger partial charge in [-0.3, -0.25) is 38.8 Å². The van der Waals surface area contributed by atoms with Crippen LogP contribution in [0.5, 0.6) is 0 Å². The number of carbonyl (C=O) groups excluding carboxylic acids is 1. The van der Waals surface area contributed by atoms with Crippen LogP contribution in [0.4, 0.5) is 0 Å². The average Bonchev–Trinajstić information content (AvgIpc) is 2.89. The fourth-order valence-electron chi connectivity index (χ4n) is 4.33. The van der Waals surface area contributed by atoms with E-state index in [0.29, 0.717) is 0 Å². The van der Waals surface area contributed by atoms with Crippen molar-refractivity contribution < 1.29 is 59.7 Å². The van der Waals surface area contributed by atoms with Gasteiger partial charge in [-0.15, -0.1) is 0 Å². The van der Waals surface area contributed by atoms with Crippen molar-refractivity contribution in [1.29, 1.82) is 0 Å². The van der Waals surface area contributed by atoms with Crippen molar-refractivity contribution in [3.63, 3.8) is 0 Å². The van der Waals surface area contributed by atoms with Crippen molar-refractivity contribution in [1.82, 2.24) is 24.9 Å². The number of hydrogen-bond donors (Lipinski definition) is 8. The van der Waals surface area contributed by atoms with Crippen LogP contribution >= 0.6 is 0 Å². The molecule has 0 saturated carbocycles. The molecule has 17 nitrogen and oxygen atoms in total. The monoisotopic (exact) mass is 581 g/mol. The fourth-order valence-corrected chi connectivity index (χ4v) is 4.33. The Morgan fingerprint density at radius 1 is 0.625 bits per heavy atom. The highest BCUT2D eigenvalue weighted by molar-refractivity contribution is 5.78. The number of nitrogens with one attached hydrogen (secondary N) is 1. The summed E-state index contributed by atoms with van der Waals surface area (Å²) in [6, 6.07) is -3.95. The van der Waals surface area contributed by atoms with E-state index in [1.54, 1.807) is 4.90 Å². The molecule has 0 radical (unpaired) electrons. The van der Waals surface area contributed by atoms with Gasteiger partial charge in [0.15, 0.2) is 0 Å². The Labute approximate surface area is 232 Å². The van der Waals surface area contributed by atoms with Gasteiger partial charge in [0.2, 0.25) is 5.91 Å². The van der Waals surface area contributed by atoms with Crippen molar-refractivity contribution in [3.8, 4) is 0 Å². The minimum atomic E-state index is -1.34. The summed E-state index contributed by atoms with van der Waals surface area (Å²) in [5.41, 5.74) is 0. The number of carbonyl (C=O) groups is 4. The van der Waals surface area contributed by atoms with E-state index < -0.39 is 55.9 Å². The summed E-state index contributed by atoms with van der Waals surface area (Å²) in [5, 5.41) is 69.4. The molecule has 3 unspecified atom stereocenters. The summed E-state index contributed by atoms with van der Waals surface area (Å²) >= 11 is 0. The zero-order chi connectivity index (χ0) is 30.1. The zero-order valence-electron chi connectivity index (χ0n) is 22.5. The first kappa shape index (κ1) is 35.5. The molecule has 8 N–H and O–H groups in total. The molecule has 40 heavy (non-hydrogen) atoms. The largest absolute Gasteiger partial charge is 0.480 e. The van der Waals surface area contributed by atoms with E-state index in [4.69, 9.17) is 9.84 Å². The first-order chi connectivity index (χ1) is 19.1. The van der Waals surface area contributed by atoms with Gasteiger partial charge in [-0.25, -0.2) is 0 Å². The number of hydrogen-bond acceptors (Lipinski definition) is 13. The van der Waals surface area contributed by atoms with Gasteiger partial charge in [0.25, 0.3) is 0 Å². The van der Waals surface area contributed by atoms with Gasteiger partial charge in [0.1, 0.15) is 18.1 Å². The molecule has 0 aromatic heterocycles. The Hall–Kier alpha value is -2.48. The van der Waals surface area contributed by atoms with Gasteiger partial charge in [0, 0.05) is 58.9 Å². The second-order valence-corrected chi connectivity index (χ2v) is 9.18. The van der Waals surface area contributed by atoms with Gasteiger partial charge < -0.3 is 45.8 Å². The zero-order valence-corrected chi connectivity index (χ0v) is 22.5. The van der Waals surface area contributed by atoms with Gasteiger partial charge in [-0.1, -0.05) is 0 Å². The van der Waals surface area contributed by atoms with E-state index in [9.17, 15) is 49.8 Å². The third kappa shape index (κ3) is 12.4. The molecule has 0 bridgehead atoms. The minimum Gasteiger partial charge on any atom is -0.480 e. The Bertz CT molecular complexity index is 753. The molecule has 3 atom stereocenters. The number of rotatable bonds is 16. The lowest BCUT2D eigenvalue weighted by molar-refractivity contribution is -0.148. The third-order valence-corrected chi connectivity index (χ3v) is 6.62. The molecule has 17 heteroatoms. The predicted molar refractivity (Wildman–Crippen MR) is 138 cm³/mol. The molecule has 1 amide bonds. The van der Waals surface area contributed by atoms with Crippen LogP contribution in [0.15, 0.2) is 0 Å². The molecule has 0 spiro atoms. The van der Waals surface area contributed by atoms with Crippen molar-refractivity contribution in [3.05, 3.63) is 0 Å². The molecule has 1 saturated heterocycles. The van der Waals surface area contributed by atoms with Crippen LogP contribution in [0.1, 0.15) is 0 Å². The average molecular weight is 582 g/mol. The standard InChI is InChI=1S/C23H43N5O12/c29-10-12-40-11-1-24-20(33)13-25-2-4-26(17(14-30)21(34)35)6-8-28(19(16-32)23(38)39)9-7-27(5-3-25)18(15-31)22(36)37/h17-19,29-32H,1-16H2,(H,24,33)(H,34,35)(H,36,37)(H,38,39). The fraction of sp³-hybridized carbons (Fsp3) is 0.826. The molecule has 1 fully saturated rings. The normalized spacial score (nSPS) is 19.6. The quantitative estimate of drug-likeness (QED) is 0.0793. The number of aliphatic hydroxyl groups excluding tert-OH is 4. The lowest BCUT2D eigenvalue weighted by atomic mass is 10.2. The van der Waals surface area contributed by atoms with E-state index in [-0.39, 0.29) is 91.2 Å². The molecule has 1 aliphatic heterocycles. The van der Waals surface area contributed by atoms with Crippen molar-refractivity contribution in [2.45, 2.75) is 18.1 Å². The molecule has 1 heterocycles. The Morgan fingerprint density at radius 2 is 1.00 bits per heavy atom. The number of aliphatic hydroxyl groups is 4. The van der Waals surface area contributed by atoms with Crippen molar-refractivity contribution >= 4 is 23.8 Å². The maximum absolute atomic E-state index is 12.6. The number of amides is 1. The summed E-state index contributed by atoms with van der Waals surface area (Å²) in [5.74, 6) is -4.27. The van der Waals surface area contributed by atoms with Crippen LogP contribution in [0.25, 0.3) is 0 Å². The molecule has 0 aliphatic carbocycles. The number of ether oxygens (including phenoxy) is 1. The van der Waals surface area contributed by atoms with E-state index in [1.807, 2.05) is 0 Å². The summed E-state index contributed by atoms with van der Waals surface area (Å²) in [6.07, 6.45) is 0. The highest BCUT2D eigenvalue weighted by Gasteiger charge is 2.32.